The normalized spacial score (nSPS) is 21.4. The molecule has 1 aromatic rings. The van der Waals surface area contributed by atoms with Gasteiger partial charge in [-0.2, -0.15) is 0 Å². The fourth-order valence-corrected chi connectivity index (χ4v) is 2.92. The SMILES string of the molecule is CCCOC1CCCN(C(CN)c2cccc(F)c2F)C1. The van der Waals surface area contributed by atoms with E-state index < -0.39 is 11.6 Å². The molecule has 2 rings (SSSR count). The average molecular weight is 298 g/mol. The Morgan fingerprint density at radius 1 is 1.43 bits per heavy atom. The van der Waals surface area contributed by atoms with Crippen molar-refractivity contribution in [1.29, 1.82) is 0 Å². The van der Waals surface area contributed by atoms with Crippen LogP contribution in [-0.4, -0.2) is 37.2 Å². The summed E-state index contributed by atoms with van der Waals surface area (Å²) in [5.41, 5.74) is 6.17. The molecule has 1 aliphatic rings. The maximum atomic E-state index is 14.0. The Labute approximate surface area is 125 Å². The van der Waals surface area contributed by atoms with Gasteiger partial charge in [-0.05, 0) is 31.9 Å². The van der Waals surface area contributed by atoms with E-state index >= 15 is 0 Å². The van der Waals surface area contributed by atoms with E-state index in [0.29, 0.717) is 5.56 Å². The van der Waals surface area contributed by atoms with Crippen LogP contribution in [0.5, 0.6) is 0 Å². The van der Waals surface area contributed by atoms with Crippen LogP contribution in [0, 0.1) is 11.6 Å². The summed E-state index contributed by atoms with van der Waals surface area (Å²) in [6.07, 6.45) is 3.14. The Hall–Kier alpha value is -1.04. The van der Waals surface area contributed by atoms with E-state index in [9.17, 15) is 8.78 Å². The molecule has 0 aliphatic carbocycles. The Kier molecular flexibility index (Phi) is 6.08. The van der Waals surface area contributed by atoms with Crippen LogP contribution in [0.3, 0.4) is 0 Å². The second-order valence-electron chi connectivity index (χ2n) is 5.52. The minimum absolute atomic E-state index is 0.157. The van der Waals surface area contributed by atoms with Crippen LogP contribution in [-0.2, 0) is 4.74 Å². The highest BCUT2D eigenvalue weighted by molar-refractivity contribution is 5.23. The summed E-state index contributed by atoms with van der Waals surface area (Å²) in [4.78, 5) is 2.11. The molecule has 118 valence electrons. The smallest absolute Gasteiger partial charge is 0.163 e. The van der Waals surface area contributed by atoms with Gasteiger partial charge < -0.3 is 10.5 Å². The van der Waals surface area contributed by atoms with Crippen molar-refractivity contribution in [3.05, 3.63) is 35.4 Å². The molecular formula is C16H24F2N2O. The third-order valence-corrected chi connectivity index (χ3v) is 3.97. The molecule has 1 aromatic carbocycles. The number of rotatable bonds is 6. The van der Waals surface area contributed by atoms with Crippen LogP contribution >= 0.6 is 0 Å². The van der Waals surface area contributed by atoms with Crippen LogP contribution < -0.4 is 5.73 Å². The van der Waals surface area contributed by atoms with Gasteiger partial charge in [-0.15, -0.1) is 0 Å². The summed E-state index contributed by atoms with van der Waals surface area (Å²) in [6.45, 7) is 4.63. The standard InChI is InChI=1S/C16H24F2N2O/c1-2-9-21-12-5-4-8-20(11-12)15(10-19)13-6-3-7-14(17)16(13)18/h3,6-7,12,15H,2,4-5,8-11,19H2,1H3. The number of benzene rings is 1. The van der Waals surface area contributed by atoms with Crippen LogP contribution in [0.25, 0.3) is 0 Å². The zero-order chi connectivity index (χ0) is 15.2. The number of halogens is 2. The van der Waals surface area contributed by atoms with Crippen molar-refractivity contribution < 1.29 is 13.5 Å². The lowest BCUT2D eigenvalue weighted by molar-refractivity contribution is -0.0123. The number of nitrogens with two attached hydrogens (primary N) is 1. The first kappa shape index (κ1) is 16.3. The first-order valence-electron chi connectivity index (χ1n) is 7.67. The molecule has 1 heterocycles. The van der Waals surface area contributed by atoms with Gasteiger partial charge in [-0.3, -0.25) is 4.90 Å². The summed E-state index contributed by atoms with van der Waals surface area (Å²) in [7, 11) is 0. The van der Waals surface area contributed by atoms with E-state index in [0.717, 1.165) is 45.0 Å². The number of nitrogens with zero attached hydrogens (tertiary/aromatic N) is 1. The zero-order valence-electron chi connectivity index (χ0n) is 12.5. The quantitative estimate of drug-likeness (QED) is 0.877. The molecule has 0 bridgehead atoms. The zero-order valence-corrected chi connectivity index (χ0v) is 12.5. The van der Waals surface area contributed by atoms with Crippen molar-refractivity contribution in [2.24, 2.45) is 5.73 Å². The van der Waals surface area contributed by atoms with Crippen molar-refractivity contribution in [3.8, 4) is 0 Å². The Morgan fingerprint density at radius 2 is 2.24 bits per heavy atom. The van der Waals surface area contributed by atoms with E-state index in [1.807, 2.05) is 0 Å². The lowest BCUT2D eigenvalue weighted by atomic mass is 10.00. The number of piperidine rings is 1. The van der Waals surface area contributed by atoms with E-state index in [4.69, 9.17) is 10.5 Å². The molecule has 5 heteroatoms. The molecule has 21 heavy (non-hydrogen) atoms. The molecule has 1 fully saturated rings. The maximum absolute atomic E-state index is 14.0. The highest BCUT2D eigenvalue weighted by Crippen LogP contribution is 2.27. The third kappa shape index (κ3) is 3.99. The first-order valence-corrected chi connectivity index (χ1v) is 7.67. The average Bonchev–Trinajstić information content (AvgIpc) is 2.50. The lowest BCUT2D eigenvalue weighted by Gasteiger charge is -2.38. The highest BCUT2D eigenvalue weighted by atomic mass is 19.2. The second kappa shape index (κ2) is 7.82. The molecule has 0 amide bonds. The van der Waals surface area contributed by atoms with E-state index in [1.165, 1.54) is 6.07 Å². The second-order valence-corrected chi connectivity index (χ2v) is 5.52. The van der Waals surface area contributed by atoms with Gasteiger partial charge in [0.2, 0.25) is 0 Å². The number of ether oxygens (including phenoxy) is 1. The largest absolute Gasteiger partial charge is 0.377 e. The minimum atomic E-state index is -0.818. The van der Waals surface area contributed by atoms with Gasteiger partial charge in [0.1, 0.15) is 0 Å². The van der Waals surface area contributed by atoms with Crippen molar-refractivity contribution in [2.45, 2.75) is 38.3 Å². The van der Waals surface area contributed by atoms with E-state index in [2.05, 4.69) is 11.8 Å². The Balaban J connectivity index is 2.11. The van der Waals surface area contributed by atoms with Crippen LogP contribution in [0.1, 0.15) is 37.8 Å². The van der Waals surface area contributed by atoms with Gasteiger partial charge in [-0.1, -0.05) is 19.1 Å². The molecular weight excluding hydrogens is 274 g/mol. The van der Waals surface area contributed by atoms with Gasteiger partial charge in [0.05, 0.1) is 12.1 Å². The monoisotopic (exact) mass is 298 g/mol. The Bertz CT molecular complexity index is 456. The fraction of sp³-hybridized carbons (Fsp3) is 0.625. The van der Waals surface area contributed by atoms with E-state index in [-0.39, 0.29) is 18.7 Å². The number of hydrogen-bond donors (Lipinski definition) is 1. The summed E-state index contributed by atoms with van der Waals surface area (Å²) < 4.78 is 33.2. The van der Waals surface area contributed by atoms with Crippen LogP contribution in [0.2, 0.25) is 0 Å². The first-order chi connectivity index (χ1) is 10.2. The predicted molar refractivity (Wildman–Crippen MR) is 79.0 cm³/mol. The highest BCUT2D eigenvalue weighted by Gasteiger charge is 2.28. The third-order valence-electron chi connectivity index (χ3n) is 3.97. The number of likely N-dealkylation sites (tertiary alicyclic amines) is 1. The molecule has 3 nitrogen and oxygen atoms in total. The lowest BCUT2D eigenvalue weighted by Crippen LogP contribution is -2.44. The fourth-order valence-electron chi connectivity index (χ4n) is 2.92. The molecule has 2 unspecified atom stereocenters. The van der Waals surface area contributed by atoms with Crippen molar-refractivity contribution in [2.75, 3.05) is 26.2 Å². The molecule has 2 N–H and O–H groups in total. The van der Waals surface area contributed by atoms with E-state index in [1.54, 1.807) is 6.07 Å². The van der Waals surface area contributed by atoms with Gasteiger partial charge >= 0.3 is 0 Å². The van der Waals surface area contributed by atoms with Crippen LogP contribution in [0.15, 0.2) is 18.2 Å². The minimum Gasteiger partial charge on any atom is -0.377 e. The molecule has 2 atom stereocenters. The summed E-state index contributed by atoms with van der Waals surface area (Å²) >= 11 is 0. The van der Waals surface area contributed by atoms with Gasteiger partial charge in [0, 0.05) is 25.3 Å². The summed E-state index contributed by atoms with van der Waals surface area (Å²) in [5, 5.41) is 0. The topological polar surface area (TPSA) is 38.5 Å². The molecule has 0 saturated carbocycles. The van der Waals surface area contributed by atoms with Crippen LogP contribution in [0.4, 0.5) is 8.78 Å². The van der Waals surface area contributed by atoms with Gasteiger partial charge in [0.15, 0.2) is 11.6 Å². The van der Waals surface area contributed by atoms with Gasteiger partial charge in [-0.25, -0.2) is 8.78 Å². The number of hydrogen-bond acceptors (Lipinski definition) is 3. The maximum Gasteiger partial charge on any atom is 0.163 e. The molecule has 1 aliphatic heterocycles. The van der Waals surface area contributed by atoms with Crippen molar-refractivity contribution in [3.63, 3.8) is 0 Å². The molecule has 1 saturated heterocycles. The van der Waals surface area contributed by atoms with Crippen molar-refractivity contribution in [1.82, 2.24) is 4.90 Å². The van der Waals surface area contributed by atoms with Crippen molar-refractivity contribution >= 4 is 0 Å². The van der Waals surface area contributed by atoms with Gasteiger partial charge in [0.25, 0.3) is 0 Å². The summed E-state index contributed by atoms with van der Waals surface area (Å²) in [6, 6.07) is 3.99. The molecule has 0 spiro atoms. The molecule has 0 aromatic heterocycles. The Morgan fingerprint density at radius 3 is 2.95 bits per heavy atom. The molecule has 0 radical (unpaired) electrons. The summed E-state index contributed by atoms with van der Waals surface area (Å²) in [5.74, 6) is -1.61. The predicted octanol–water partition coefficient (Wildman–Crippen LogP) is 2.86.